The van der Waals surface area contributed by atoms with Crippen LogP contribution < -0.4 is 0 Å². The standard InChI is InChI=1S/C48H78/c1-18-23-24-36(9)43(32-42(20-3)39(12)46-44(21-4)37(10)26-28-45(46)34(6)7)31-38(11)40(13)48(16,17)30-29-41(19-2)27-25-35(8)33-47(14,15)22-5/h19,25-28,31,34,39,42H,8,13,18,20-24,29-30,32-33H2,1-7,9-12,14-17H3. The molecular formula is C48H78. The molecule has 1 aromatic rings. The first kappa shape index (κ1) is 43.7. The van der Waals surface area contributed by atoms with E-state index in [9.17, 15) is 0 Å². The highest BCUT2D eigenvalue weighted by Gasteiger charge is 2.27. The molecule has 0 aromatic heterocycles. The zero-order chi connectivity index (χ0) is 36.8. The number of aryl methyl sites for hydroxylation is 1. The van der Waals surface area contributed by atoms with Crippen LogP contribution in [0.15, 0.2) is 83.0 Å². The summed E-state index contributed by atoms with van der Waals surface area (Å²) in [4.78, 5) is 0. The SMILES string of the molecule is C=C(C=CC(=CC)CCC(C)(C)C(=C)C(C)=CC(CC(CC)C(C)c1c(C(C)C)ccc(C)c1CC)=C(C)CCCC)CC(C)(C)CC. The number of hydrogen-bond donors (Lipinski definition) is 0. The Kier molecular flexibility index (Phi) is 18.5. The van der Waals surface area contributed by atoms with Gasteiger partial charge in [-0.2, -0.15) is 0 Å². The van der Waals surface area contributed by atoms with Crippen LogP contribution in [0.2, 0.25) is 0 Å². The van der Waals surface area contributed by atoms with E-state index in [2.05, 4.69) is 147 Å². The van der Waals surface area contributed by atoms with Gasteiger partial charge in [-0.1, -0.05) is 162 Å². The third-order valence-electron chi connectivity index (χ3n) is 11.5. The molecule has 0 spiro atoms. The zero-order valence-electron chi connectivity index (χ0n) is 34.7. The van der Waals surface area contributed by atoms with E-state index in [0.29, 0.717) is 23.2 Å². The van der Waals surface area contributed by atoms with Gasteiger partial charge in [-0.3, -0.25) is 0 Å². The van der Waals surface area contributed by atoms with Crippen LogP contribution >= 0.6 is 0 Å². The van der Waals surface area contributed by atoms with Gasteiger partial charge in [0.05, 0.1) is 0 Å². The quantitative estimate of drug-likeness (QED) is 0.116. The molecule has 0 radical (unpaired) electrons. The van der Waals surface area contributed by atoms with Gasteiger partial charge in [0, 0.05) is 0 Å². The molecule has 0 fully saturated rings. The molecule has 270 valence electrons. The van der Waals surface area contributed by atoms with Crippen molar-refractivity contribution in [1.29, 1.82) is 0 Å². The summed E-state index contributed by atoms with van der Waals surface area (Å²) >= 11 is 0. The Hall–Kier alpha value is -2.34. The number of benzene rings is 1. The van der Waals surface area contributed by atoms with Gasteiger partial charge in [-0.25, -0.2) is 0 Å². The number of hydrogen-bond acceptors (Lipinski definition) is 0. The Bertz CT molecular complexity index is 1310. The fourth-order valence-corrected chi connectivity index (χ4v) is 7.29. The largest absolute Gasteiger partial charge is 0.0958 e. The molecule has 0 bridgehead atoms. The highest BCUT2D eigenvalue weighted by Crippen LogP contribution is 2.42. The van der Waals surface area contributed by atoms with E-state index in [0.717, 1.165) is 38.5 Å². The van der Waals surface area contributed by atoms with Crippen molar-refractivity contribution in [2.24, 2.45) is 16.7 Å². The summed E-state index contributed by atoms with van der Waals surface area (Å²) in [5, 5.41) is 0. The minimum absolute atomic E-state index is 0.00748. The van der Waals surface area contributed by atoms with Gasteiger partial charge in [0.15, 0.2) is 0 Å². The second-order valence-corrected chi connectivity index (χ2v) is 16.7. The van der Waals surface area contributed by atoms with Crippen molar-refractivity contribution in [1.82, 2.24) is 0 Å². The van der Waals surface area contributed by atoms with E-state index in [1.165, 1.54) is 53.5 Å². The van der Waals surface area contributed by atoms with E-state index in [1.54, 1.807) is 27.8 Å². The fraction of sp³-hybridized carbons (Fsp3) is 0.625. The van der Waals surface area contributed by atoms with Crippen molar-refractivity contribution in [3.8, 4) is 0 Å². The molecule has 0 saturated heterocycles. The zero-order valence-corrected chi connectivity index (χ0v) is 34.7. The third-order valence-corrected chi connectivity index (χ3v) is 11.5. The minimum Gasteiger partial charge on any atom is -0.0958 e. The van der Waals surface area contributed by atoms with Gasteiger partial charge in [-0.15, -0.1) is 0 Å². The number of rotatable bonds is 21. The second-order valence-electron chi connectivity index (χ2n) is 16.7. The molecule has 0 saturated carbocycles. The summed E-state index contributed by atoms with van der Waals surface area (Å²) in [7, 11) is 0. The topological polar surface area (TPSA) is 0 Å². The predicted octanol–water partition coefficient (Wildman–Crippen LogP) is 15.9. The maximum atomic E-state index is 4.73. The molecule has 0 heterocycles. The smallest absolute Gasteiger partial charge is 0.0104 e. The Morgan fingerprint density at radius 1 is 0.917 bits per heavy atom. The maximum Gasteiger partial charge on any atom is -0.0104 e. The molecule has 0 aliphatic heterocycles. The van der Waals surface area contributed by atoms with Crippen LogP contribution in [-0.2, 0) is 6.42 Å². The average Bonchev–Trinajstić information content (AvgIpc) is 3.03. The van der Waals surface area contributed by atoms with Crippen LogP contribution in [0.3, 0.4) is 0 Å². The Morgan fingerprint density at radius 2 is 1.56 bits per heavy atom. The van der Waals surface area contributed by atoms with Crippen LogP contribution in [0.5, 0.6) is 0 Å². The molecule has 1 rings (SSSR count). The van der Waals surface area contributed by atoms with Gasteiger partial charge in [0.2, 0.25) is 0 Å². The summed E-state index contributed by atoms with van der Waals surface area (Å²) in [5.41, 5.74) is 14.8. The van der Waals surface area contributed by atoms with Crippen molar-refractivity contribution in [2.45, 2.75) is 180 Å². The third kappa shape index (κ3) is 13.2. The molecule has 0 aliphatic carbocycles. The van der Waals surface area contributed by atoms with Crippen LogP contribution in [0.1, 0.15) is 189 Å². The summed E-state index contributed by atoms with van der Waals surface area (Å²) < 4.78 is 0. The Morgan fingerprint density at radius 3 is 2.08 bits per heavy atom. The van der Waals surface area contributed by atoms with E-state index in [4.69, 9.17) is 6.58 Å². The summed E-state index contributed by atoms with van der Waals surface area (Å²) in [5.74, 6) is 1.64. The van der Waals surface area contributed by atoms with Gasteiger partial charge in [-0.05, 0) is 140 Å². The van der Waals surface area contributed by atoms with Crippen molar-refractivity contribution >= 4 is 0 Å². The average molecular weight is 655 g/mol. The predicted molar refractivity (Wildman–Crippen MR) is 220 cm³/mol. The molecule has 0 N–H and O–H groups in total. The Labute approximate surface area is 301 Å². The molecule has 1 aromatic carbocycles. The van der Waals surface area contributed by atoms with Gasteiger partial charge in [0.1, 0.15) is 0 Å². The number of allylic oxidation sites excluding steroid dienone is 10. The monoisotopic (exact) mass is 655 g/mol. The molecule has 0 amide bonds. The molecular weight excluding hydrogens is 577 g/mol. The summed E-state index contributed by atoms with van der Waals surface area (Å²) in [6.45, 7) is 44.2. The highest BCUT2D eigenvalue weighted by molar-refractivity contribution is 5.45. The number of unbranched alkanes of at least 4 members (excludes halogenated alkanes) is 1. The van der Waals surface area contributed by atoms with Gasteiger partial charge < -0.3 is 0 Å². The van der Waals surface area contributed by atoms with Gasteiger partial charge >= 0.3 is 0 Å². The lowest BCUT2D eigenvalue weighted by molar-refractivity contribution is 0.351. The van der Waals surface area contributed by atoms with Crippen LogP contribution in [0.25, 0.3) is 0 Å². The highest BCUT2D eigenvalue weighted by atomic mass is 14.3. The lowest BCUT2D eigenvalue weighted by atomic mass is 9.74. The molecule has 0 nitrogen and oxygen atoms in total. The van der Waals surface area contributed by atoms with E-state index in [1.807, 2.05) is 0 Å². The minimum atomic E-state index is 0.00748. The first-order valence-electron chi connectivity index (χ1n) is 19.6. The normalized spacial score (nSPS) is 15.2. The van der Waals surface area contributed by atoms with Crippen LogP contribution in [0, 0.1) is 23.7 Å². The Balaban J connectivity index is 3.35. The second kappa shape index (κ2) is 20.4. The molecule has 2 atom stereocenters. The maximum absolute atomic E-state index is 4.73. The molecule has 2 unspecified atom stereocenters. The van der Waals surface area contributed by atoms with Crippen LogP contribution in [0.4, 0.5) is 0 Å². The van der Waals surface area contributed by atoms with Gasteiger partial charge in [0.25, 0.3) is 0 Å². The van der Waals surface area contributed by atoms with Crippen LogP contribution in [-0.4, -0.2) is 0 Å². The van der Waals surface area contributed by atoms with E-state index < -0.39 is 0 Å². The first-order chi connectivity index (χ1) is 22.4. The lowest BCUT2D eigenvalue weighted by Gasteiger charge is -2.31. The summed E-state index contributed by atoms with van der Waals surface area (Å²) in [6, 6.07) is 4.76. The molecule has 0 heteroatoms. The molecule has 48 heavy (non-hydrogen) atoms. The molecule has 0 aliphatic rings. The van der Waals surface area contributed by atoms with Crippen molar-refractivity contribution < 1.29 is 0 Å². The first-order valence-corrected chi connectivity index (χ1v) is 19.6. The van der Waals surface area contributed by atoms with Crippen molar-refractivity contribution in [3.63, 3.8) is 0 Å². The van der Waals surface area contributed by atoms with E-state index in [-0.39, 0.29) is 5.41 Å². The lowest BCUT2D eigenvalue weighted by Crippen LogP contribution is -2.17. The summed E-state index contributed by atoms with van der Waals surface area (Å²) in [6.07, 6.45) is 20.7. The van der Waals surface area contributed by atoms with Crippen molar-refractivity contribution in [3.05, 3.63) is 105 Å². The van der Waals surface area contributed by atoms with E-state index >= 15 is 0 Å². The van der Waals surface area contributed by atoms with Crippen molar-refractivity contribution in [2.75, 3.05) is 0 Å². The fourth-order valence-electron chi connectivity index (χ4n) is 7.29.